The second-order valence-corrected chi connectivity index (χ2v) is 3.45. The highest BCUT2D eigenvalue weighted by atomic mass is 16.5. The lowest BCUT2D eigenvalue weighted by atomic mass is 10.1. The number of carboxylic acids is 1. The number of hydrogen-bond acceptors (Lipinski definition) is 4. The van der Waals surface area contributed by atoms with Crippen molar-refractivity contribution in [2.24, 2.45) is 0 Å². The molecule has 0 unspecified atom stereocenters. The van der Waals surface area contributed by atoms with Crippen molar-refractivity contribution < 1.29 is 14.6 Å². The number of aliphatic carboxylic acids is 1. The quantitative estimate of drug-likeness (QED) is 0.786. The van der Waals surface area contributed by atoms with Gasteiger partial charge in [-0.15, -0.1) is 0 Å². The van der Waals surface area contributed by atoms with Gasteiger partial charge in [0, 0.05) is 24.6 Å². The Labute approximate surface area is 87.1 Å². The van der Waals surface area contributed by atoms with Crippen LogP contribution >= 0.6 is 0 Å². The summed E-state index contributed by atoms with van der Waals surface area (Å²) in [5.74, 6) is -0.210. The molecule has 5 heteroatoms. The summed E-state index contributed by atoms with van der Waals surface area (Å²) >= 11 is 0. The first kappa shape index (κ1) is 10.0. The van der Waals surface area contributed by atoms with Gasteiger partial charge < -0.3 is 9.84 Å². The van der Waals surface area contributed by atoms with Crippen molar-refractivity contribution in [3.05, 3.63) is 23.3 Å². The van der Waals surface area contributed by atoms with Gasteiger partial charge in [-0.3, -0.25) is 4.79 Å². The number of carbonyl (C=O) groups is 1. The Morgan fingerprint density at radius 3 is 3.27 bits per heavy atom. The number of carboxylic acid groups (broad SMARTS) is 1. The summed E-state index contributed by atoms with van der Waals surface area (Å²) in [4.78, 5) is 18.8. The minimum atomic E-state index is -0.820. The number of aromatic nitrogens is 2. The van der Waals surface area contributed by atoms with E-state index < -0.39 is 5.97 Å². The molecule has 2 rings (SSSR count). The second-order valence-electron chi connectivity index (χ2n) is 3.45. The first-order chi connectivity index (χ1) is 7.25. The van der Waals surface area contributed by atoms with Crippen LogP contribution in [-0.2, 0) is 29.0 Å². The summed E-state index contributed by atoms with van der Waals surface area (Å²) in [5, 5.41) is 8.54. The summed E-state index contributed by atoms with van der Waals surface area (Å²) in [6, 6.07) is 0. The van der Waals surface area contributed by atoms with Crippen molar-refractivity contribution in [3.63, 3.8) is 0 Å². The summed E-state index contributed by atoms with van der Waals surface area (Å²) in [6.45, 7) is 1.25. The predicted octanol–water partition coefficient (Wildman–Crippen LogP) is 0.567. The Morgan fingerprint density at radius 1 is 1.60 bits per heavy atom. The third-order valence-corrected chi connectivity index (χ3v) is 2.31. The van der Waals surface area contributed by atoms with Crippen molar-refractivity contribution in [1.82, 2.24) is 9.97 Å². The zero-order chi connectivity index (χ0) is 10.7. The van der Waals surface area contributed by atoms with E-state index in [0.717, 1.165) is 17.7 Å². The van der Waals surface area contributed by atoms with Gasteiger partial charge >= 0.3 is 5.97 Å². The zero-order valence-electron chi connectivity index (χ0n) is 8.27. The maximum Gasteiger partial charge on any atom is 0.303 e. The molecule has 0 aliphatic carbocycles. The van der Waals surface area contributed by atoms with E-state index >= 15 is 0 Å². The van der Waals surface area contributed by atoms with E-state index in [1.807, 2.05) is 0 Å². The fraction of sp³-hybridized carbons (Fsp3) is 0.500. The van der Waals surface area contributed by atoms with Crippen LogP contribution in [0.5, 0.6) is 0 Å². The highest BCUT2D eigenvalue weighted by Gasteiger charge is 2.12. The van der Waals surface area contributed by atoms with E-state index in [1.165, 1.54) is 0 Å². The molecule has 0 aromatic carbocycles. The van der Waals surface area contributed by atoms with E-state index in [-0.39, 0.29) is 6.42 Å². The predicted molar refractivity (Wildman–Crippen MR) is 51.3 cm³/mol. The van der Waals surface area contributed by atoms with Crippen molar-refractivity contribution >= 4 is 5.97 Å². The van der Waals surface area contributed by atoms with Gasteiger partial charge in [0.1, 0.15) is 5.82 Å². The molecule has 2 heterocycles. The lowest BCUT2D eigenvalue weighted by molar-refractivity contribution is -0.137. The standard InChI is InChI=1S/C10H12N2O3/c13-10(14)2-1-9-11-5-7-6-15-4-3-8(7)12-9/h5H,1-4,6H2,(H,13,14). The fourth-order valence-electron chi connectivity index (χ4n) is 1.51. The Hall–Kier alpha value is -1.49. The Morgan fingerprint density at radius 2 is 2.47 bits per heavy atom. The molecule has 1 aromatic rings. The third kappa shape index (κ3) is 2.50. The lowest BCUT2D eigenvalue weighted by Crippen LogP contribution is -2.14. The van der Waals surface area contributed by atoms with Gasteiger partial charge in [-0.05, 0) is 0 Å². The number of nitrogens with zero attached hydrogens (tertiary/aromatic N) is 2. The summed E-state index contributed by atoms with van der Waals surface area (Å²) in [7, 11) is 0. The molecule has 0 radical (unpaired) electrons. The van der Waals surface area contributed by atoms with Crippen molar-refractivity contribution in [2.45, 2.75) is 25.9 Å². The summed E-state index contributed by atoms with van der Waals surface area (Å²) in [5.41, 5.74) is 2.01. The van der Waals surface area contributed by atoms with Crippen LogP contribution in [0, 0.1) is 0 Å². The summed E-state index contributed by atoms with van der Waals surface area (Å²) in [6.07, 6.45) is 3.00. The molecule has 0 spiro atoms. The van der Waals surface area contributed by atoms with Crippen LogP contribution in [0.2, 0.25) is 0 Å². The van der Waals surface area contributed by atoms with Crippen molar-refractivity contribution in [2.75, 3.05) is 6.61 Å². The van der Waals surface area contributed by atoms with Gasteiger partial charge in [-0.1, -0.05) is 0 Å². The van der Waals surface area contributed by atoms with E-state index in [9.17, 15) is 4.79 Å². The van der Waals surface area contributed by atoms with E-state index in [0.29, 0.717) is 25.5 Å². The average Bonchev–Trinajstić information content (AvgIpc) is 2.26. The molecule has 1 aromatic heterocycles. The first-order valence-electron chi connectivity index (χ1n) is 4.89. The van der Waals surface area contributed by atoms with Gasteiger partial charge in [0.25, 0.3) is 0 Å². The molecule has 5 nitrogen and oxygen atoms in total. The molecule has 1 N–H and O–H groups in total. The van der Waals surface area contributed by atoms with Crippen LogP contribution < -0.4 is 0 Å². The van der Waals surface area contributed by atoms with Crippen LogP contribution in [-0.4, -0.2) is 27.7 Å². The number of aryl methyl sites for hydroxylation is 1. The molecule has 15 heavy (non-hydrogen) atoms. The second kappa shape index (κ2) is 4.35. The van der Waals surface area contributed by atoms with Gasteiger partial charge in [0.15, 0.2) is 0 Å². The van der Waals surface area contributed by atoms with Gasteiger partial charge in [-0.25, -0.2) is 9.97 Å². The van der Waals surface area contributed by atoms with Crippen LogP contribution in [0.3, 0.4) is 0 Å². The Kier molecular flexibility index (Phi) is 2.91. The van der Waals surface area contributed by atoms with Crippen molar-refractivity contribution in [3.8, 4) is 0 Å². The molecule has 0 saturated carbocycles. The topological polar surface area (TPSA) is 72.3 Å². The first-order valence-corrected chi connectivity index (χ1v) is 4.89. The molecule has 1 aliphatic heterocycles. The molecule has 1 aliphatic rings. The van der Waals surface area contributed by atoms with E-state index in [1.54, 1.807) is 6.20 Å². The molecular weight excluding hydrogens is 196 g/mol. The molecule has 0 bridgehead atoms. The van der Waals surface area contributed by atoms with Crippen molar-refractivity contribution in [1.29, 1.82) is 0 Å². The van der Waals surface area contributed by atoms with E-state index in [2.05, 4.69) is 9.97 Å². The SMILES string of the molecule is O=C(O)CCc1ncc2c(n1)CCOC2. The highest BCUT2D eigenvalue weighted by molar-refractivity contribution is 5.66. The van der Waals surface area contributed by atoms with Gasteiger partial charge in [0.05, 0.1) is 25.3 Å². The molecule has 80 valence electrons. The maximum absolute atomic E-state index is 10.4. The van der Waals surface area contributed by atoms with Crippen LogP contribution in [0.4, 0.5) is 0 Å². The molecule has 0 fully saturated rings. The summed E-state index contributed by atoms with van der Waals surface area (Å²) < 4.78 is 5.26. The molecule has 0 amide bonds. The van der Waals surface area contributed by atoms with Crippen LogP contribution in [0.1, 0.15) is 23.5 Å². The Balaban J connectivity index is 2.10. The normalized spacial score (nSPS) is 14.7. The van der Waals surface area contributed by atoms with Gasteiger partial charge in [-0.2, -0.15) is 0 Å². The number of rotatable bonds is 3. The smallest absolute Gasteiger partial charge is 0.303 e. The minimum absolute atomic E-state index is 0.0787. The lowest BCUT2D eigenvalue weighted by Gasteiger charge is -2.15. The fourth-order valence-corrected chi connectivity index (χ4v) is 1.51. The Bertz CT molecular complexity index is 379. The number of hydrogen-bond donors (Lipinski definition) is 1. The molecule has 0 saturated heterocycles. The van der Waals surface area contributed by atoms with E-state index in [4.69, 9.17) is 9.84 Å². The van der Waals surface area contributed by atoms with Crippen LogP contribution in [0.25, 0.3) is 0 Å². The number of ether oxygens (including phenoxy) is 1. The number of fused-ring (bicyclic) bond motifs is 1. The average molecular weight is 208 g/mol. The van der Waals surface area contributed by atoms with Gasteiger partial charge in [0.2, 0.25) is 0 Å². The maximum atomic E-state index is 10.4. The third-order valence-electron chi connectivity index (χ3n) is 2.31. The van der Waals surface area contributed by atoms with Crippen LogP contribution in [0.15, 0.2) is 6.20 Å². The highest BCUT2D eigenvalue weighted by Crippen LogP contribution is 2.13. The monoisotopic (exact) mass is 208 g/mol. The zero-order valence-corrected chi connectivity index (χ0v) is 8.27. The largest absolute Gasteiger partial charge is 0.481 e. The molecular formula is C10H12N2O3. The molecule has 0 atom stereocenters. The minimum Gasteiger partial charge on any atom is -0.481 e.